The molecule has 0 atom stereocenters. The molecule has 0 aromatic carbocycles. The number of hydrogen-bond acceptors (Lipinski definition) is 2. The fourth-order valence-corrected chi connectivity index (χ4v) is 2.51. The highest BCUT2D eigenvalue weighted by Crippen LogP contribution is 2.32. The molecule has 84 valence electrons. The molecule has 1 nitrogen and oxygen atoms in total. The number of carbonyl (C=O) groups excluding carboxylic acids is 1. The molecule has 2 heteroatoms. The van der Waals surface area contributed by atoms with Gasteiger partial charge >= 0.3 is 0 Å². The van der Waals surface area contributed by atoms with Crippen LogP contribution in [0.5, 0.6) is 0 Å². The topological polar surface area (TPSA) is 17.1 Å². The summed E-state index contributed by atoms with van der Waals surface area (Å²) >= 11 is 1.52. The van der Waals surface area contributed by atoms with Crippen LogP contribution in [0.1, 0.15) is 53.9 Å². The first-order valence-electron chi connectivity index (χ1n) is 5.63. The number of thioether (sulfide) groups is 1. The summed E-state index contributed by atoms with van der Waals surface area (Å²) in [7, 11) is 0. The van der Waals surface area contributed by atoms with Gasteiger partial charge in [0.2, 0.25) is 0 Å². The minimum Gasteiger partial charge on any atom is -0.287 e. The molecule has 0 fully saturated rings. The first-order chi connectivity index (χ1) is 6.46. The molecule has 0 radical (unpaired) electrons. The molecule has 14 heavy (non-hydrogen) atoms. The van der Waals surface area contributed by atoms with Crippen molar-refractivity contribution >= 4 is 16.9 Å². The van der Waals surface area contributed by atoms with Gasteiger partial charge in [-0.3, -0.25) is 4.79 Å². The Balaban J connectivity index is 3.94. The maximum absolute atomic E-state index is 11.9. The summed E-state index contributed by atoms with van der Waals surface area (Å²) in [5, 5.41) is 0.378. The molecule has 0 heterocycles. The van der Waals surface area contributed by atoms with Gasteiger partial charge in [-0.25, -0.2) is 0 Å². The average Bonchev–Trinajstić information content (AvgIpc) is 2.15. The zero-order valence-electron chi connectivity index (χ0n) is 10.2. The fraction of sp³-hybridized carbons (Fsp3) is 0.917. The lowest BCUT2D eigenvalue weighted by atomic mass is 9.86. The monoisotopic (exact) mass is 216 g/mol. The van der Waals surface area contributed by atoms with E-state index in [1.165, 1.54) is 11.8 Å². The first kappa shape index (κ1) is 14.0. The average molecular weight is 216 g/mol. The summed E-state index contributed by atoms with van der Waals surface area (Å²) in [6.07, 6.45) is 3.05. The molecule has 0 rings (SSSR count). The maximum atomic E-state index is 11.9. The van der Waals surface area contributed by atoms with Crippen LogP contribution in [0.25, 0.3) is 0 Å². The van der Waals surface area contributed by atoms with Gasteiger partial charge in [-0.2, -0.15) is 0 Å². The third kappa shape index (κ3) is 4.50. The van der Waals surface area contributed by atoms with Crippen LogP contribution in [-0.4, -0.2) is 10.9 Å². The van der Waals surface area contributed by atoms with Crippen molar-refractivity contribution in [2.75, 3.05) is 5.75 Å². The van der Waals surface area contributed by atoms with E-state index in [1.807, 2.05) is 0 Å². The zero-order chi connectivity index (χ0) is 11.2. The summed E-state index contributed by atoms with van der Waals surface area (Å²) in [5.41, 5.74) is -0.0956. The second kappa shape index (κ2) is 6.49. The highest BCUT2D eigenvalue weighted by molar-refractivity contribution is 8.13. The molecule has 0 amide bonds. The van der Waals surface area contributed by atoms with Crippen LogP contribution in [0, 0.1) is 11.3 Å². The van der Waals surface area contributed by atoms with Crippen molar-refractivity contribution in [2.45, 2.75) is 53.9 Å². The molecule has 0 aliphatic carbocycles. The van der Waals surface area contributed by atoms with E-state index in [0.717, 1.165) is 25.0 Å². The van der Waals surface area contributed by atoms with E-state index in [9.17, 15) is 4.79 Å². The highest BCUT2D eigenvalue weighted by Gasteiger charge is 2.28. The van der Waals surface area contributed by atoms with Crippen LogP contribution in [0.3, 0.4) is 0 Å². The second-order valence-corrected chi connectivity index (χ2v) is 5.65. The zero-order valence-corrected chi connectivity index (χ0v) is 11.0. The van der Waals surface area contributed by atoms with Gasteiger partial charge in [-0.15, -0.1) is 0 Å². The molecule has 0 spiro atoms. The van der Waals surface area contributed by atoms with E-state index < -0.39 is 0 Å². The van der Waals surface area contributed by atoms with Crippen LogP contribution in [0.4, 0.5) is 0 Å². The molecule has 0 saturated heterocycles. The van der Waals surface area contributed by atoms with Crippen molar-refractivity contribution in [1.29, 1.82) is 0 Å². The third-order valence-corrected chi connectivity index (χ3v) is 4.18. The van der Waals surface area contributed by atoms with Gasteiger partial charge in [0.15, 0.2) is 5.12 Å². The van der Waals surface area contributed by atoms with Crippen molar-refractivity contribution in [3.05, 3.63) is 0 Å². The molecule has 0 N–H and O–H groups in total. The lowest BCUT2D eigenvalue weighted by Crippen LogP contribution is -2.23. The third-order valence-electron chi connectivity index (χ3n) is 2.98. The summed E-state index contributed by atoms with van der Waals surface area (Å²) in [5.74, 6) is 1.68. The van der Waals surface area contributed by atoms with Crippen molar-refractivity contribution in [2.24, 2.45) is 11.3 Å². The van der Waals surface area contributed by atoms with E-state index >= 15 is 0 Å². The molecular formula is C12H24OS. The predicted octanol–water partition coefficient (Wildman–Crippen LogP) is 4.12. The lowest BCUT2D eigenvalue weighted by Gasteiger charge is -2.24. The molecule has 0 saturated carbocycles. The molecule has 0 aliphatic heterocycles. The molecule has 0 aromatic rings. The van der Waals surface area contributed by atoms with Gasteiger partial charge in [0, 0.05) is 11.2 Å². The number of rotatable bonds is 6. The Labute approximate surface area is 93.0 Å². The van der Waals surface area contributed by atoms with Crippen molar-refractivity contribution in [1.82, 2.24) is 0 Å². The van der Waals surface area contributed by atoms with Crippen LogP contribution in [0.2, 0.25) is 0 Å². The minimum atomic E-state index is -0.0956. The highest BCUT2D eigenvalue weighted by atomic mass is 32.2. The summed E-state index contributed by atoms with van der Waals surface area (Å²) in [6.45, 7) is 10.7. The summed E-state index contributed by atoms with van der Waals surface area (Å²) in [4.78, 5) is 11.9. The molecule has 0 aromatic heterocycles. The van der Waals surface area contributed by atoms with Gasteiger partial charge in [0.1, 0.15) is 0 Å². The largest absolute Gasteiger partial charge is 0.287 e. The Morgan fingerprint density at radius 1 is 1.29 bits per heavy atom. The van der Waals surface area contributed by atoms with Gasteiger partial charge < -0.3 is 0 Å². The van der Waals surface area contributed by atoms with E-state index in [4.69, 9.17) is 0 Å². The van der Waals surface area contributed by atoms with E-state index in [0.29, 0.717) is 11.0 Å². The first-order valence-corrected chi connectivity index (χ1v) is 6.62. The standard InChI is InChI=1S/C12H24OS/c1-6-12(5,7-2)11(13)14-9-8-10(3)4/h10H,6-9H2,1-5H3. The van der Waals surface area contributed by atoms with Gasteiger partial charge in [0.05, 0.1) is 0 Å². The summed E-state index contributed by atoms with van der Waals surface area (Å²) < 4.78 is 0. The van der Waals surface area contributed by atoms with Crippen LogP contribution in [0.15, 0.2) is 0 Å². The molecule has 0 bridgehead atoms. The Kier molecular flexibility index (Phi) is 6.50. The predicted molar refractivity (Wildman–Crippen MR) is 65.6 cm³/mol. The quantitative estimate of drug-likeness (QED) is 0.664. The Morgan fingerprint density at radius 2 is 1.79 bits per heavy atom. The second-order valence-electron chi connectivity index (χ2n) is 4.59. The number of hydrogen-bond donors (Lipinski definition) is 0. The van der Waals surface area contributed by atoms with Crippen LogP contribution < -0.4 is 0 Å². The Hall–Kier alpha value is 0.0200. The minimum absolute atomic E-state index is 0.0956. The van der Waals surface area contributed by atoms with Crippen molar-refractivity contribution < 1.29 is 4.79 Å². The summed E-state index contributed by atoms with van der Waals surface area (Å²) in [6, 6.07) is 0. The van der Waals surface area contributed by atoms with Crippen molar-refractivity contribution in [3.63, 3.8) is 0 Å². The van der Waals surface area contributed by atoms with Crippen molar-refractivity contribution in [3.8, 4) is 0 Å². The lowest BCUT2D eigenvalue weighted by molar-refractivity contribution is -0.119. The SMILES string of the molecule is CCC(C)(CC)C(=O)SCCC(C)C. The number of carbonyl (C=O) groups is 1. The molecule has 0 aliphatic rings. The Morgan fingerprint density at radius 3 is 2.14 bits per heavy atom. The van der Waals surface area contributed by atoms with E-state index in [2.05, 4.69) is 34.6 Å². The molecule has 0 unspecified atom stereocenters. The normalized spacial score (nSPS) is 12.1. The maximum Gasteiger partial charge on any atom is 0.194 e. The smallest absolute Gasteiger partial charge is 0.194 e. The fourth-order valence-electron chi connectivity index (χ4n) is 1.10. The van der Waals surface area contributed by atoms with Gasteiger partial charge in [0.25, 0.3) is 0 Å². The Bertz CT molecular complexity index is 171. The van der Waals surface area contributed by atoms with Crippen LogP contribution in [-0.2, 0) is 4.79 Å². The van der Waals surface area contributed by atoms with Gasteiger partial charge in [-0.1, -0.05) is 46.4 Å². The van der Waals surface area contributed by atoms with E-state index in [-0.39, 0.29) is 5.41 Å². The molecular weight excluding hydrogens is 192 g/mol. The van der Waals surface area contributed by atoms with Crippen LogP contribution >= 0.6 is 11.8 Å². The van der Waals surface area contributed by atoms with Gasteiger partial charge in [-0.05, 0) is 25.2 Å². The van der Waals surface area contributed by atoms with E-state index in [1.54, 1.807) is 0 Å².